The van der Waals surface area contributed by atoms with Gasteiger partial charge in [0, 0.05) is 6.21 Å². The van der Waals surface area contributed by atoms with E-state index in [1.54, 1.807) is 12.3 Å². The Bertz CT molecular complexity index is 344. The van der Waals surface area contributed by atoms with Gasteiger partial charge in [0.1, 0.15) is 0 Å². The summed E-state index contributed by atoms with van der Waals surface area (Å²) in [5.74, 6) is 0. The molecule has 0 saturated heterocycles. The average molecular weight is 205 g/mol. The number of thiocarbonyl (C=S) groups is 1. The lowest BCUT2D eigenvalue weighted by Crippen LogP contribution is -2.23. The fraction of sp³-hybridized carbons (Fsp3) is 0. The molecule has 14 heavy (non-hydrogen) atoms. The van der Waals surface area contributed by atoms with Gasteiger partial charge in [-0.2, -0.15) is 5.10 Å². The molecule has 0 aromatic heterocycles. The zero-order valence-corrected chi connectivity index (χ0v) is 8.37. The second-order valence-corrected chi connectivity index (χ2v) is 2.96. The summed E-state index contributed by atoms with van der Waals surface area (Å²) >= 11 is 4.57. The van der Waals surface area contributed by atoms with Crippen LogP contribution in [0.25, 0.3) is 6.08 Å². The van der Waals surface area contributed by atoms with Gasteiger partial charge in [0.25, 0.3) is 0 Å². The van der Waals surface area contributed by atoms with Crippen LogP contribution in [0.4, 0.5) is 0 Å². The molecule has 4 heteroatoms. The number of allylic oxidation sites excluding steroid dienone is 1. The lowest BCUT2D eigenvalue weighted by Gasteiger charge is -1.91. The van der Waals surface area contributed by atoms with Crippen LogP contribution in [0.2, 0.25) is 0 Å². The van der Waals surface area contributed by atoms with Crippen LogP contribution < -0.4 is 11.2 Å². The van der Waals surface area contributed by atoms with E-state index in [2.05, 4.69) is 22.7 Å². The van der Waals surface area contributed by atoms with E-state index in [1.807, 2.05) is 36.4 Å². The molecule has 3 nitrogen and oxygen atoms in total. The highest BCUT2D eigenvalue weighted by Gasteiger charge is 1.80. The first-order valence-electron chi connectivity index (χ1n) is 4.09. The minimum atomic E-state index is 0.161. The largest absolute Gasteiger partial charge is 0.375 e. The molecule has 1 aromatic carbocycles. The van der Waals surface area contributed by atoms with Gasteiger partial charge in [-0.05, 0) is 23.9 Å². The summed E-state index contributed by atoms with van der Waals surface area (Å²) in [6.45, 7) is 0. The summed E-state index contributed by atoms with van der Waals surface area (Å²) in [7, 11) is 0. The van der Waals surface area contributed by atoms with Gasteiger partial charge in [-0.1, -0.05) is 36.4 Å². The first kappa shape index (κ1) is 10.4. The van der Waals surface area contributed by atoms with Crippen LogP contribution in [0, 0.1) is 0 Å². The van der Waals surface area contributed by atoms with E-state index < -0.39 is 0 Å². The third-order valence-electron chi connectivity index (χ3n) is 1.42. The molecule has 0 atom stereocenters. The Kier molecular flexibility index (Phi) is 4.37. The standard InChI is InChI=1S/C10H11N3S/c11-10(14)13-12-8-4-7-9-5-2-1-3-6-9/h1-8H,(H3,11,13,14)/b7-4-,12-8-. The molecule has 0 unspecified atom stereocenters. The highest BCUT2D eigenvalue weighted by Crippen LogP contribution is 1.99. The minimum Gasteiger partial charge on any atom is -0.375 e. The Balaban J connectivity index is 2.42. The molecule has 0 aliphatic rings. The van der Waals surface area contributed by atoms with E-state index in [0.29, 0.717) is 0 Å². The molecule has 72 valence electrons. The predicted molar refractivity (Wildman–Crippen MR) is 63.9 cm³/mol. The molecule has 0 spiro atoms. The van der Waals surface area contributed by atoms with E-state index in [-0.39, 0.29) is 5.11 Å². The summed E-state index contributed by atoms with van der Waals surface area (Å²) in [4.78, 5) is 0. The second-order valence-electron chi connectivity index (χ2n) is 2.52. The third-order valence-corrected chi connectivity index (χ3v) is 1.51. The van der Waals surface area contributed by atoms with Crippen molar-refractivity contribution in [3.63, 3.8) is 0 Å². The Morgan fingerprint density at radius 2 is 2.07 bits per heavy atom. The second kappa shape index (κ2) is 5.88. The summed E-state index contributed by atoms with van der Waals surface area (Å²) in [5.41, 5.74) is 8.75. The van der Waals surface area contributed by atoms with Crippen molar-refractivity contribution < 1.29 is 0 Å². The molecular weight excluding hydrogens is 194 g/mol. The van der Waals surface area contributed by atoms with E-state index in [9.17, 15) is 0 Å². The van der Waals surface area contributed by atoms with Crippen LogP contribution >= 0.6 is 12.2 Å². The zero-order valence-electron chi connectivity index (χ0n) is 7.55. The van der Waals surface area contributed by atoms with Gasteiger partial charge >= 0.3 is 0 Å². The number of nitrogens with zero attached hydrogens (tertiary/aromatic N) is 1. The van der Waals surface area contributed by atoms with Gasteiger partial charge in [-0.3, -0.25) is 5.43 Å². The quantitative estimate of drug-likeness (QED) is 0.447. The topological polar surface area (TPSA) is 50.4 Å². The maximum Gasteiger partial charge on any atom is 0.184 e. The minimum absolute atomic E-state index is 0.161. The maximum absolute atomic E-state index is 5.17. The number of hydrazone groups is 1. The molecule has 1 aromatic rings. The van der Waals surface area contributed by atoms with E-state index in [0.717, 1.165) is 5.56 Å². The summed E-state index contributed by atoms with van der Waals surface area (Å²) < 4.78 is 0. The van der Waals surface area contributed by atoms with Crippen LogP contribution in [0.5, 0.6) is 0 Å². The predicted octanol–water partition coefficient (Wildman–Crippen LogP) is 1.52. The van der Waals surface area contributed by atoms with Crippen molar-refractivity contribution in [2.45, 2.75) is 0 Å². The summed E-state index contributed by atoms with van der Waals surface area (Å²) in [6.07, 6.45) is 5.33. The SMILES string of the molecule is NC(=S)N/N=C\C=C/c1ccccc1. The Morgan fingerprint density at radius 1 is 1.36 bits per heavy atom. The van der Waals surface area contributed by atoms with Crippen molar-refractivity contribution in [1.82, 2.24) is 5.43 Å². The Morgan fingerprint density at radius 3 is 2.71 bits per heavy atom. The summed E-state index contributed by atoms with van der Waals surface area (Å²) in [6, 6.07) is 9.94. The molecule has 0 saturated carbocycles. The number of hydrogen-bond acceptors (Lipinski definition) is 2. The lowest BCUT2D eigenvalue weighted by atomic mass is 10.2. The van der Waals surface area contributed by atoms with Crippen molar-refractivity contribution in [3.05, 3.63) is 42.0 Å². The molecule has 3 N–H and O–H groups in total. The van der Waals surface area contributed by atoms with Crippen molar-refractivity contribution in [3.8, 4) is 0 Å². The normalized spacial score (nSPS) is 10.9. The molecule has 0 amide bonds. The van der Waals surface area contributed by atoms with Gasteiger partial charge in [0.05, 0.1) is 0 Å². The van der Waals surface area contributed by atoms with Gasteiger partial charge in [0.2, 0.25) is 0 Å². The molecule has 0 aliphatic heterocycles. The van der Waals surface area contributed by atoms with Crippen molar-refractivity contribution in [1.29, 1.82) is 0 Å². The van der Waals surface area contributed by atoms with E-state index in [4.69, 9.17) is 5.73 Å². The van der Waals surface area contributed by atoms with Gasteiger partial charge in [0.15, 0.2) is 5.11 Å². The van der Waals surface area contributed by atoms with Gasteiger partial charge in [-0.15, -0.1) is 0 Å². The number of nitrogens with two attached hydrogens (primary N) is 1. The highest BCUT2D eigenvalue weighted by molar-refractivity contribution is 7.80. The average Bonchev–Trinajstić information content (AvgIpc) is 2.18. The number of rotatable bonds is 3. The first-order valence-corrected chi connectivity index (χ1v) is 4.50. The van der Waals surface area contributed by atoms with Gasteiger partial charge < -0.3 is 5.73 Å². The molecule has 1 rings (SSSR count). The molecule has 0 heterocycles. The molecule has 0 fully saturated rings. The third kappa shape index (κ3) is 4.37. The summed E-state index contributed by atoms with van der Waals surface area (Å²) in [5, 5.41) is 3.92. The smallest absolute Gasteiger partial charge is 0.184 e. The lowest BCUT2D eigenvalue weighted by molar-refractivity contribution is 1.04. The van der Waals surface area contributed by atoms with Crippen LogP contribution in [0.1, 0.15) is 5.56 Å². The fourth-order valence-corrected chi connectivity index (χ4v) is 0.915. The fourth-order valence-electron chi connectivity index (χ4n) is 0.862. The van der Waals surface area contributed by atoms with Crippen molar-refractivity contribution in [2.75, 3.05) is 0 Å². The molecular formula is C10H11N3S. The number of nitrogens with one attached hydrogen (secondary N) is 1. The Hall–Kier alpha value is -1.68. The van der Waals surface area contributed by atoms with Crippen molar-refractivity contribution >= 4 is 29.6 Å². The first-order chi connectivity index (χ1) is 6.79. The zero-order chi connectivity index (χ0) is 10.2. The van der Waals surface area contributed by atoms with E-state index in [1.165, 1.54) is 0 Å². The van der Waals surface area contributed by atoms with Crippen LogP contribution in [0.15, 0.2) is 41.5 Å². The molecule has 0 bridgehead atoms. The van der Waals surface area contributed by atoms with Crippen molar-refractivity contribution in [2.24, 2.45) is 10.8 Å². The molecule has 0 radical (unpaired) electrons. The number of benzene rings is 1. The van der Waals surface area contributed by atoms with Crippen LogP contribution in [0.3, 0.4) is 0 Å². The highest BCUT2D eigenvalue weighted by atomic mass is 32.1. The maximum atomic E-state index is 5.17. The monoisotopic (exact) mass is 205 g/mol. The van der Waals surface area contributed by atoms with E-state index >= 15 is 0 Å². The van der Waals surface area contributed by atoms with Crippen LogP contribution in [-0.4, -0.2) is 11.3 Å². The number of hydrogen-bond donors (Lipinski definition) is 2. The van der Waals surface area contributed by atoms with Gasteiger partial charge in [-0.25, -0.2) is 0 Å². The van der Waals surface area contributed by atoms with Crippen LogP contribution in [-0.2, 0) is 0 Å². The Labute approximate surface area is 88.3 Å². The molecule has 0 aliphatic carbocycles.